The van der Waals surface area contributed by atoms with Crippen LogP contribution in [0.1, 0.15) is 278 Å². The van der Waals surface area contributed by atoms with Gasteiger partial charge < -0.3 is 45.1 Å². The molecule has 11 heteroatoms. The topological polar surface area (TPSA) is 175 Å². The molecular formula is C63H115NO10. The quantitative estimate of drug-likeness (QED) is 0.0149. The Morgan fingerprint density at radius 2 is 0.973 bits per heavy atom. The van der Waals surface area contributed by atoms with Crippen molar-refractivity contribution >= 4 is 11.9 Å². The summed E-state index contributed by atoms with van der Waals surface area (Å²) in [5, 5.41) is 56.9. The molecule has 8 unspecified atom stereocenters. The number of ether oxygens (including phenoxy) is 3. The number of carbonyl (C=O) groups excluding carboxylic acids is 2. The zero-order valence-electron chi connectivity index (χ0n) is 47.7. The van der Waals surface area contributed by atoms with E-state index >= 15 is 0 Å². The Labute approximate surface area is 453 Å². The Morgan fingerprint density at radius 1 is 0.541 bits per heavy atom. The van der Waals surface area contributed by atoms with Crippen LogP contribution in [0.4, 0.5) is 0 Å². The van der Waals surface area contributed by atoms with Crippen molar-refractivity contribution in [3.63, 3.8) is 0 Å². The standard InChI is InChI=1S/C63H115NO10/c1-4-7-10-13-16-19-22-25-26-27-28-29-30-31-33-35-38-41-44-47-50-56(67)62(71)64-54(55(66)49-46-43-40-37-34-24-21-18-15-12-9-6-3)53-72-63-61(60(70)59(69)57(52-65)73-63)74-58(68)51-48-45-42-39-36-32-23-20-17-14-11-8-5-2/h8,11,14,17,20,23,46,49,54-57,59-61,63,65-67,69-70H,4-7,9-10,12-13,15-16,18-19,21-22,24-45,47-48,50-53H2,1-3H3,(H,64,71)/b11-8+,17-14+,23-20-,49-46+. The predicted octanol–water partition coefficient (Wildman–Crippen LogP) is 14.4. The lowest BCUT2D eigenvalue weighted by Crippen LogP contribution is -2.61. The lowest BCUT2D eigenvalue weighted by molar-refractivity contribution is -0.305. The van der Waals surface area contributed by atoms with Gasteiger partial charge >= 0.3 is 5.97 Å². The van der Waals surface area contributed by atoms with Crippen LogP contribution in [-0.4, -0.2) is 99.6 Å². The van der Waals surface area contributed by atoms with Crippen molar-refractivity contribution < 1.29 is 49.3 Å². The molecule has 11 nitrogen and oxygen atoms in total. The van der Waals surface area contributed by atoms with E-state index in [2.05, 4.69) is 44.3 Å². The molecule has 0 aliphatic carbocycles. The first-order valence-electron chi connectivity index (χ1n) is 30.9. The number of unbranched alkanes of at least 4 members (excludes halogenated alkanes) is 34. The van der Waals surface area contributed by atoms with Gasteiger partial charge in [0.2, 0.25) is 5.91 Å². The monoisotopic (exact) mass is 1050 g/mol. The third-order valence-electron chi connectivity index (χ3n) is 14.6. The van der Waals surface area contributed by atoms with Gasteiger partial charge in [-0.15, -0.1) is 0 Å². The van der Waals surface area contributed by atoms with Gasteiger partial charge in [0, 0.05) is 6.42 Å². The molecule has 8 atom stereocenters. The van der Waals surface area contributed by atoms with Gasteiger partial charge in [0.25, 0.3) is 0 Å². The maximum Gasteiger partial charge on any atom is 0.306 e. The molecule has 1 rings (SSSR count). The van der Waals surface area contributed by atoms with Gasteiger partial charge in [-0.2, -0.15) is 0 Å². The van der Waals surface area contributed by atoms with Gasteiger partial charge in [-0.1, -0.05) is 275 Å². The fourth-order valence-electron chi connectivity index (χ4n) is 9.65. The van der Waals surface area contributed by atoms with Crippen molar-refractivity contribution in [3.8, 4) is 0 Å². The summed E-state index contributed by atoms with van der Waals surface area (Å²) in [7, 11) is 0. The van der Waals surface area contributed by atoms with Crippen LogP contribution in [0.2, 0.25) is 0 Å². The van der Waals surface area contributed by atoms with E-state index in [1.165, 1.54) is 154 Å². The second kappa shape index (κ2) is 51.4. The minimum atomic E-state index is -1.62. The summed E-state index contributed by atoms with van der Waals surface area (Å²) in [5.41, 5.74) is 0. The molecule has 1 aliphatic rings. The number of aliphatic hydroxyl groups excluding tert-OH is 5. The fraction of sp³-hybridized carbons (Fsp3) is 0.841. The zero-order valence-corrected chi connectivity index (χ0v) is 47.7. The van der Waals surface area contributed by atoms with E-state index < -0.39 is 67.4 Å². The minimum absolute atomic E-state index is 0.101. The lowest BCUT2D eigenvalue weighted by atomic mass is 9.99. The van der Waals surface area contributed by atoms with Crippen LogP contribution in [0.5, 0.6) is 0 Å². The molecule has 1 amide bonds. The van der Waals surface area contributed by atoms with Crippen molar-refractivity contribution in [1.29, 1.82) is 0 Å². The number of esters is 1. The third kappa shape index (κ3) is 39.1. The van der Waals surface area contributed by atoms with E-state index in [4.69, 9.17) is 14.2 Å². The molecule has 1 heterocycles. The number of hydrogen-bond acceptors (Lipinski definition) is 10. The van der Waals surface area contributed by atoms with Crippen LogP contribution in [-0.2, 0) is 23.8 Å². The summed E-state index contributed by atoms with van der Waals surface area (Å²) in [6.45, 7) is 5.66. The maximum atomic E-state index is 13.4. The number of hydrogen-bond donors (Lipinski definition) is 6. The third-order valence-corrected chi connectivity index (χ3v) is 14.6. The van der Waals surface area contributed by atoms with Crippen LogP contribution in [0.25, 0.3) is 0 Å². The first kappa shape index (κ1) is 69.6. The smallest absolute Gasteiger partial charge is 0.306 e. The molecule has 0 aromatic heterocycles. The number of amides is 1. The first-order chi connectivity index (χ1) is 36.2. The van der Waals surface area contributed by atoms with Crippen molar-refractivity contribution in [1.82, 2.24) is 5.32 Å². The molecule has 0 aromatic carbocycles. The molecule has 0 bridgehead atoms. The summed E-state index contributed by atoms with van der Waals surface area (Å²) >= 11 is 0. The van der Waals surface area contributed by atoms with Crippen LogP contribution < -0.4 is 5.32 Å². The van der Waals surface area contributed by atoms with Gasteiger partial charge in [0.15, 0.2) is 12.4 Å². The summed E-state index contributed by atoms with van der Waals surface area (Å²) in [5.74, 6) is -1.21. The highest BCUT2D eigenvalue weighted by Crippen LogP contribution is 2.26. The zero-order chi connectivity index (χ0) is 54.0. The summed E-state index contributed by atoms with van der Waals surface area (Å²) in [4.78, 5) is 26.5. The number of aliphatic hydroxyl groups is 5. The van der Waals surface area contributed by atoms with E-state index in [0.717, 1.165) is 77.0 Å². The van der Waals surface area contributed by atoms with Crippen LogP contribution >= 0.6 is 0 Å². The van der Waals surface area contributed by atoms with Crippen molar-refractivity contribution in [2.24, 2.45) is 0 Å². The molecule has 1 saturated heterocycles. The molecule has 1 aliphatic heterocycles. The van der Waals surface area contributed by atoms with Crippen molar-refractivity contribution in [2.45, 2.75) is 327 Å². The molecule has 0 saturated carbocycles. The second-order valence-electron chi connectivity index (χ2n) is 21.5. The molecule has 6 N–H and O–H groups in total. The van der Waals surface area contributed by atoms with E-state index in [-0.39, 0.29) is 13.0 Å². The SMILES string of the molecule is CC/C=C/C=C/C=C\CCCCCCCC(=O)OC1C(OCC(NC(=O)C(O)CCCCCCCCCCCCCCCCCCCCCC)C(O)/C=C/CCCCCCCCCCCC)OC(CO)C(O)C1O. The predicted molar refractivity (Wildman–Crippen MR) is 306 cm³/mol. The largest absolute Gasteiger partial charge is 0.454 e. The lowest BCUT2D eigenvalue weighted by Gasteiger charge is -2.41. The maximum absolute atomic E-state index is 13.4. The minimum Gasteiger partial charge on any atom is -0.454 e. The van der Waals surface area contributed by atoms with Crippen molar-refractivity contribution in [2.75, 3.05) is 13.2 Å². The molecule has 432 valence electrons. The molecule has 1 fully saturated rings. The van der Waals surface area contributed by atoms with E-state index in [9.17, 15) is 35.1 Å². The van der Waals surface area contributed by atoms with Crippen LogP contribution in [0, 0.1) is 0 Å². The van der Waals surface area contributed by atoms with E-state index in [0.29, 0.717) is 19.3 Å². The first-order valence-corrected chi connectivity index (χ1v) is 30.9. The van der Waals surface area contributed by atoms with Crippen LogP contribution in [0.3, 0.4) is 0 Å². The number of carbonyl (C=O) groups is 2. The highest BCUT2D eigenvalue weighted by atomic mass is 16.7. The average molecular weight is 1050 g/mol. The van der Waals surface area contributed by atoms with Gasteiger partial charge in [-0.3, -0.25) is 9.59 Å². The summed E-state index contributed by atoms with van der Waals surface area (Å²) in [6.07, 6.45) is 51.6. The molecule has 0 aromatic rings. The van der Waals surface area contributed by atoms with E-state index in [1.807, 2.05) is 24.3 Å². The van der Waals surface area contributed by atoms with Crippen LogP contribution in [0.15, 0.2) is 48.6 Å². The highest BCUT2D eigenvalue weighted by molar-refractivity contribution is 5.80. The highest BCUT2D eigenvalue weighted by Gasteiger charge is 2.47. The Morgan fingerprint density at radius 3 is 1.45 bits per heavy atom. The Kier molecular flexibility index (Phi) is 48.3. The number of rotatable bonds is 52. The molecule has 74 heavy (non-hydrogen) atoms. The second-order valence-corrected chi connectivity index (χ2v) is 21.5. The summed E-state index contributed by atoms with van der Waals surface area (Å²) in [6, 6.07) is -1.03. The number of allylic oxidation sites excluding steroid dienone is 7. The molecular weight excluding hydrogens is 931 g/mol. The Bertz CT molecular complexity index is 1390. The normalized spacial score (nSPS) is 19.6. The molecule has 0 radical (unpaired) electrons. The van der Waals surface area contributed by atoms with Crippen molar-refractivity contribution in [3.05, 3.63) is 48.6 Å². The summed E-state index contributed by atoms with van der Waals surface area (Å²) < 4.78 is 17.6. The molecule has 0 spiro atoms. The van der Waals surface area contributed by atoms with Gasteiger partial charge in [-0.25, -0.2) is 0 Å². The fourth-order valence-corrected chi connectivity index (χ4v) is 9.65. The van der Waals surface area contributed by atoms with E-state index in [1.54, 1.807) is 6.08 Å². The Hall–Kier alpha value is -2.38. The van der Waals surface area contributed by atoms with Gasteiger partial charge in [0.05, 0.1) is 25.4 Å². The van der Waals surface area contributed by atoms with Gasteiger partial charge in [0.1, 0.15) is 24.4 Å². The number of nitrogens with one attached hydrogen (secondary N) is 1. The van der Waals surface area contributed by atoms with Gasteiger partial charge in [-0.05, 0) is 44.9 Å². The average Bonchev–Trinajstić information content (AvgIpc) is 3.40. The Balaban J connectivity index is 2.66.